The molecule has 0 radical (unpaired) electrons. The number of nitrogens with zero attached hydrogens (tertiary/aromatic N) is 3. The lowest BCUT2D eigenvalue weighted by molar-refractivity contribution is -0.124. The summed E-state index contributed by atoms with van der Waals surface area (Å²) in [6.45, 7) is 0.937. The molecule has 0 spiro atoms. The van der Waals surface area contributed by atoms with Gasteiger partial charge in [-0.3, -0.25) is 18.8 Å². The monoisotopic (exact) mass is 344 g/mol. The molecule has 1 aliphatic rings. The molecule has 0 aromatic carbocycles. The van der Waals surface area contributed by atoms with Crippen LogP contribution >= 0.6 is 0 Å². The van der Waals surface area contributed by atoms with Crippen LogP contribution in [0, 0.1) is 5.92 Å². The zero-order chi connectivity index (χ0) is 17.8. The van der Waals surface area contributed by atoms with E-state index in [4.69, 9.17) is 5.11 Å². The Balaban J connectivity index is 1.62. The van der Waals surface area contributed by atoms with Crippen LogP contribution in [0.4, 0.5) is 0 Å². The molecule has 2 aromatic heterocycles. The average Bonchev–Trinajstić information content (AvgIpc) is 3.27. The van der Waals surface area contributed by atoms with Crippen LogP contribution in [0.25, 0.3) is 5.69 Å². The molecule has 1 saturated carbocycles. The van der Waals surface area contributed by atoms with Gasteiger partial charge >= 0.3 is 5.97 Å². The summed E-state index contributed by atoms with van der Waals surface area (Å²) in [5.41, 5.74) is 0.172. The highest BCUT2D eigenvalue weighted by Crippen LogP contribution is 2.24. The molecular weight excluding hydrogens is 324 g/mol. The number of aromatic nitrogens is 3. The first-order chi connectivity index (χ1) is 12.0. The van der Waals surface area contributed by atoms with Crippen LogP contribution < -0.4 is 10.9 Å². The second kappa shape index (κ2) is 7.33. The fourth-order valence-corrected chi connectivity index (χ4v) is 3.04. The number of carbonyl (C=O) groups is 2. The van der Waals surface area contributed by atoms with Gasteiger partial charge in [0.05, 0.1) is 24.0 Å². The smallest absolute Gasteiger partial charge is 0.337 e. The molecule has 2 heterocycles. The van der Waals surface area contributed by atoms with Crippen molar-refractivity contribution in [2.24, 2.45) is 5.92 Å². The van der Waals surface area contributed by atoms with Gasteiger partial charge in [0.1, 0.15) is 0 Å². The maximum absolute atomic E-state index is 12.0. The molecule has 2 N–H and O–H groups in total. The normalized spacial score (nSPS) is 14.6. The Morgan fingerprint density at radius 1 is 1.24 bits per heavy atom. The van der Waals surface area contributed by atoms with E-state index in [0.29, 0.717) is 18.8 Å². The first kappa shape index (κ1) is 16.9. The molecule has 1 fully saturated rings. The van der Waals surface area contributed by atoms with E-state index in [-0.39, 0.29) is 22.9 Å². The van der Waals surface area contributed by atoms with Crippen LogP contribution in [0.3, 0.4) is 0 Å². The van der Waals surface area contributed by atoms with Crippen LogP contribution in [-0.4, -0.2) is 37.9 Å². The maximum Gasteiger partial charge on any atom is 0.337 e. The second-order valence-electron chi connectivity index (χ2n) is 6.17. The summed E-state index contributed by atoms with van der Waals surface area (Å²) in [7, 11) is 0. The number of rotatable bonds is 6. The number of hydrogen-bond donors (Lipinski definition) is 2. The lowest BCUT2D eigenvalue weighted by atomic mass is 10.1. The number of carbonyl (C=O) groups excluding carboxylic acids is 1. The van der Waals surface area contributed by atoms with Crippen molar-refractivity contribution >= 4 is 11.9 Å². The predicted molar refractivity (Wildman–Crippen MR) is 89.8 cm³/mol. The Bertz CT molecular complexity index is 833. The van der Waals surface area contributed by atoms with Gasteiger partial charge in [0.25, 0.3) is 5.56 Å². The van der Waals surface area contributed by atoms with Gasteiger partial charge in [-0.15, -0.1) is 0 Å². The van der Waals surface area contributed by atoms with Gasteiger partial charge in [0, 0.05) is 30.9 Å². The molecule has 0 aliphatic heterocycles. The van der Waals surface area contributed by atoms with Crippen molar-refractivity contribution in [1.82, 2.24) is 19.7 Å². The number of carboxylic acid groups (broad SMARTS) is 1. The minimum Gasteiger partial charge on any atom is -0.478 e. The van der Waals surface area contributed by atoms with Gasteiger partial charge in [-0.05, 0) is 18.9 Å². The van der Waals surface area contributed by atoms with E-state index >= 15 is 0 Å². The van der Waals surface area contributed by atoms with Crippen LogP contribution in [0.5, 0.6) is 0 Å². The van der Waals surface area contributed by atoms with E-state index in [1.165, 1.54) is 29.1 Å². The Morgan fingerprint density at radius 2 is 2.00 bits per heavy atom. The third kappa shape index (κ3) is 3.96. The third-order valence-corrected chi connectivity index (χ3v) is 4.42. The summed E-state index contributed by atoms with van der Waals surface area (Å²) < 4.78 is 2.86. The van der Waals surface area contributed by atoms with Crippen molar-refractivity contribution in [2.75, 3.05) is 6.54 Å². The number of hydrogen-bond acceptors (Lipinski definition) is 4. The topological polar surface area (TPSA) is 106 Å². The quantitative estimate of drug-likeness (QED) is 0.814. The maximum atomic E-state index is 12.0. The Morgan fingerprint density at radius 3 is 2.72 bits per heavy atom. The zero-order valence-electron chi connectivity index (χ0n) is 13.7. The largest absolute Gasteiger partial charge is 0.478 e. The van der Waals surface area contributed by atoms with Gasteiger partial charge in [-0.1, -0.05) is 12.8 Å². The number of nitrogens with one attached hydrogen (secondary N) is 1. The zero-order valence-corrected chi connectivity index (χ0v) is 13.7. The summed E-state index contributed by atoms with van der Waals surface area (Å²) in [5, 5.41) is 16.1. The molecule has 0 unspecified atom stereocenters. The van der Waals surface area contributed by atoms with Crippen molar-refractivity contribution in [3.05, 3.63) is 46.6 Å². The molecule has 0 atom stereocenters. The van der Waals surface area contributed by atoms with Crippen LogP contribution in [0.2, 0.25) is 0 Å². The van der Waals surface area contributed by atoms with Gasteiger partial charge in [0.15, 0.2) is 0 Å². The average molecular weight is 344 g/mol. The summed E-state index contributed by atoms with van der Waals surface area (Å²) >= 11 is 0. The highest BCUT2D eigenvalue weighted by molar-refractivity contribution is 5.87. The fraction of sp³-hybridized carbons (Fsp3) is 0.412. The number of pyridine rings is 1. The highest BCUT2D eigenvalue weighted by atomic mass is 16.4. The molecule has 132 valence electrons. The van der Waals surface area contributed by atoms with Crippen molar-refractivity contribution in [1.29, 1.82) is 0 Å². The van der Waals surface area contributed by atoms with Gasteiger partial charge in [-0.25, -0.2) is 4.79 Å². The van der Waals surface area contributed by atoms with Crippen molar-refractivity contribution < 1.29 is 14.7 Å². The number of amides is 1. The van der Waals surface area contributed by atoms with E-state index in [2.05, 4.69) is 10.4 Å². The minimum atomic E-state index is -1.10. The molecule has 2 aromatic rings. The first-order valence-corrected chi connectivity index (χ1v) is 8.31. The van der Waals surface area contributed by atoms with Gasteiger partial charge < -0.3 is 10.4 Å². The number of carboxylic acids is 1. The molecule has 8 heteroatoms. The Labute approximate surface area is 144 Å². The van der Waals surface area contributed by atoms with Crippen LogP contribution in [0.15, 0.2) is 35.5 Å². The third-order valence-electron chi connectivity index (χ3n) is 4.42. The van der Waals surface area contributed by atoms with Crippen molar-refractivity contribution in [3.8, 4) is 5.69 Å². The lowest BCUT2D eigenvalue weighted by Gasteiger charge is -2.10. The predicted octanol–water partition coefficient (Wildman–Crippen LogP) is 1.04. The molecule has 0 saturated heterocycles. The number of aromatic carboxylic acids is 1. The molecule has 8 nitrogen and oxygen atoms in total. The van der Waals surface area contributed by atoms with E-state index in [9.17, 15) is 14.4 Å². The second-order valence-corrected chi connectivity index (χ2v) is 6.17. The lowest BCUT2D eigenvalue weighted by Crippen LogP contribution is -2.32. The highest BCUT2D eigenvalue weighted by Gasteiger charge is 2.21. The SMILES string of the molecule is O=C(O)c1ccc(=O)n(-c2cnn(CCNC(=O)C3CCCC3)c2)c1. The van der Waals surface area contributed by atoms with Gasteiger partial charge in [-0.2, -0.15) is 5.10 Å². The standard InChI is InChI=1S/C17H20N4O4/c22-15-6-5-13(17(24)25)10-21(15)14-9-19-20(11-14)8-7-18-16(23)12-3-1-2-4-12/h5-6,9-12H,1-4,7-8H2,(H,18,23)(H,24,25). The summed E-state index contributed by atoms with van der Waals surface area (Å²) in [5.74, 6) is -0.878. The summed E-state index contributed by atoms with van der Waals surface area (Å²) in [4.78, 5) is 34.9. The summed E-state index contributed by atoms with van der Waals surface area (Å²) in [6, 6.07) is 2.48. The molecule has 0 bridgehead atoms. The Hall–Kier alpha value is -2.90. The minimum absolute atomic E-state index is 0.0242. The fourth-order valence-electron chi connectivity index (χ4n) is 3.04. The summed E-state index contributed by atoms with van der Waals surface area (Å²) in [6.07, 6.45) is 8.56. The molecule has 1 amide bonds. The van der Waals surface area contributed by atoms with Gasteiger partial charge in [0.2, 0.25) is 5.91 Å². The van der Waals surface area contributed by atoms with E-state index < -0.39 is 5.97 Å². The van der Waals surface area contributed by atoms with E-state index in [0.717, 1.165) is 25.7 Å². The first-order valence-electron chi connectivity index (χ1n) is 8.31. The molecule has 3 rings (SSSR count). The van der Waals surface area contributed by atoms with E-state index in [1.54, 1.807) is 10.9 Å². The van der Waals surface area contributed by atoms with E-state index in [1.807, 2.05) is 0 Å². The molecule has 1 aliphatic carbocycles. The Kier molecular flexibility index (Phi) is 4.97. The van der Waals surface area contributed by atoms with Crippen molar-refractivity contribution in [3.63, 3.8) is 0 Å². The van der Waals surface area contributed by atoms with Crippen LogP contribution in [-0.2, 0) is 11.3 Å². The van der Waals surface area contributed by atoms with Crippen molar-refractivity contribution in [2.45, 2.75) is 32.2 Å². The van der Waals surface area contributed by atoms with Crippen LogP contribution in [0.1, 0.15) is 36.0 Å². The molecular formula is C17H20N4O4. The molecule has 25 heavy (non-hydrogen) atoms.